The van der Waals surface area contributed by atoms with Crippen LogP contribution in [0.3, 0.4) is 0 Å². The van der Waals surface area contributed by atoms with Crippen LogP contribution in [0.15, 0.2) is 91.0 Å². The van der Waals surface area contributed by atoms with Crippen LogP contribution in [0.5, 0.6) is 0 Å². The second-order valence-corrected chi connectivity index (χ2v) is 8.66. The van der Waals surface area contributed by atoms with Crippen LogP contribution in [0.25, 0.3) is 0 Å². The number of rotatable bonds is 6. The van der Waals surface area contributed by atoms with Crippen molar-refractivity contribution in [2.24, 2.45) is 0 Å². The van der Waals surface area contributed by atoms with Gasteiger partial charge in [0.25, 0.3) is 0 Å². The molecule has 0 bridgehead atoms. The molecule has 0 atom stereocenters. The molecule has 3 rings (SSSR count). The van der Waals surface area contributed by atoms with E-state index in [1.54, 1.807) is 0 Å². The first kappa shape index (κ1) is 18.5. The first-order chi connectivity index (χ1) is 10.9. The zero-order chi connectivity index (χ0) is 15.0. The van der Waals surface area contributed by atoms with Crippen LogP contribution in [0, 0.1) is 0 Å². The molecule has 0 radical (unpaired) electrons. The molecule has 0 heterocycles. The second kappa shape index (κ2) is 10.1. The van der Waals surface area contributed by atoms with Crippen molar-refractivity contribution in [1.82, 2.24) is 0 Å². The molecule has 0 spiro atoms. The summed E-state index contributed by atoms with van der Waals surface area (Å²) in [5, 5.41) is 4.37. The fraction of sp³-hybridized carbons (Fsp3) is 0.100. The molecule has 0 aromatic heterocycles. The zero-order valence-corrected chi connectivity index (χ0v) is 15.3. The maximum Gasteiger partial charge on any atom is 1.00 e. The van der Waals surface area contributed by atoms with Crippen molar-refractivity contribution in [2.45, 2.75) is 0 Å². The molecule has 0 nitrogen and oxygen atoms in total. The van der Waals surface area contributed by atoms with Gasteiger partial charge in [-0.1, -0.05) is 97.2 Å². The first-order valence-electron chi connectivity index (χ1n) is 7.54. The molecule has 110 valence electrons. The Morgan fingerprint density at radius 3 is 1.52 bits per heavy atom. The van der Waals surface area contributed by atoms with Crippen LogP contribution in [-0.2, 0) is 0 Å². The van der Waals surface area contributed by atoms with Gasteiger partial charge in [0.05, 0.1) is 0 Å². The molecule has 0 aliphatic rings. The molecular weight excluding hydrogens is 309 g/mol. The Morgan fingerprint density at radius 2 is 1.04 bits per heavy atom. The fourth-order valence-electron chi connectivity index (χ4n) is 2.44. The summed E-state index contributed by atoms with van der Waals surface area (Å²) in [6.07, 6.45) is 2.44. The van der Waals surface area contributed by atoms with E-state index in [0.29, 0.717) is 0 Å². The molecule has 23 heavy (non-hydrogen) atoms. The van der Waals surface area contributed by atoms with Crippen LogP contribution >= 0.6 is 16.5 Å². The summed E-state index contributed by atoms with van der Waals surface area (Å²) in [5.74, 6) is 0. The number of hydrogen-bond donors (Lipinski definition) is 0. The molecule has 0 saturated carbocycles. The molecule has 0 N–H and O–H groups in total. The van der Waals surface area contributed by atoms with E-state index in [-0.39, 0.29) is 26.8 Å². The molecule has 3 heteroatoms. The quantitative estimate of drug-likeness (QED) is 0.474. The van der Waals surface area contributed by atoms with Gasteiger partial charge in [-0.2, -0.15) is 6.16 Å². The summed E-state index contributed by atoms with van der Waals surface area (Å²) in [4.78, 5) is 0. The van der Waals surface area contributed by atoms with Gasteiger partial charge in [0.15, 0.2) is 0 Å². The van der Waals surface area contributed by atoms with Crippen molar-refractivity contribution in [3.63, 3.8) is 0 Å². The van der Waals surface area contributed by atoms with Crippen LogP contribution in [0.4, 0.5) is 0 Å². The van der Waals surface area contributed by atoms with E-state index in [0.717, 1.165) is 0 Å². The van der Waals surface area contributed by atoms with Gasteiger partial charge in [-0.25, -0.2) is 5.30 Å². The summed E-state index contributed by atoms with van der Waals surface area (Å²) in [7, 11) is 1.17. The van der Waals surface area contributed by atoms with Gasteiger partial charge in [-0.15, -0.1) is 0 Å². The summed E-state index contributed by atoms with van der Waals surface area (Å²) in [5.41, 5.74) is 0. The second-order valence-electron chi connectivity index (χ2n) is 5.04. The third-order valence-corrected chi connectivity index (χ3v) is 7.49. The van der Waals surface area contributed by atoms with Crippen molar-refractivity contribution in [2.75, 3.05) is 12.3 Å². The van der Waals surface area contributed by atoms with Crippen LogP contribution < -0.4 is 34.8 Å². The Kier molecular flexibility index (Phi) is 8.09. The van der Waals surface area contributed by atoms with E-state index in [4.69, 9.17) is 0 Å². The molecule has 3 aromatic carbocycles. The van der Waals surface area contributed by atoms with E-state index in [9.17, 15) is 0 Å². The summed E-state index contributed by atoms with van der Waals surface area (Å²) in [6, 6.07) is 32.7. The van der Waals surface area contributed by atoms with Crippen molar-refractivity contribution in [1.29, 1.82) is 0 Å². The maximum atomic E-state index is 2.28. The molecule has 0 aliphatic carbocycles. The minimum atomic E-state index is -0.254. The molecule has 0 saturated heterocycles. The minimum Gasteiger partial charge on any atom is -0.506 e. The average molecular weight is 328 g/mol. The standard InChI is InChI=1S/C20H19P2.Li/c1-4-10-18(11-5-1)21-16-17-22(19-12-6-2-7-13-19)20-14-8-3-9-15-20;/h1-15H,16-17H2;/q-1;+1. The summed E-state index contributed by atoms with van der Waals surface area (Å²) < 4.78 is 0. The van der Waals surface area contributed by atoms with Gasteiger partial charge in [0, 0.05) is 0 Å². The smallest absolute Gasteiger partial charge is 0.506 e. The van der Waals surface area contributed by atoms with Crippen LogP contribution in [0.2, 0.25) is 0 Å². The summed E-state index contributed by atoms with van der Waals surface area (Å²) in [6.45, 7) is 0. The summed E-state index contributed by atoms with van der Waals surface area (Å²) >= 11 is 0. The Morgan fingerprint density at radius 1 is 0.609 bits per heavy atom. The molecule has 3 aromatic rings. The molecule has 0 aliphatic heterocycles. The first-order valence-corrected chi connectivity index (χ1v) is 10.1. The van der Waals surface area contributed by atoms with Crippen molar-refractivity contribution < 1.29 is 18.9 Å². The zero-order valence-electron chi connectivity index (χ0n) is 13.5. The van der Waals surface area contributed by atoms with Crippen LogP contribution in [0.1, 0.15) is 0 Å². The number of hydrogen-bond acceptors (Lipinski definition) is 0. The predicted octanol–water partition coefficient (Wildman–Crippen LogP) is 1.39. The van der Waals surface area contributed by atoms with Gasteiger partial charge in [-0.3, -0.25) is 0 Å². The van der Waals surface area contributed by atoms with E-state index in [1.165, 1.54) is 36.8 Å². The maximum absolute atomic E-state index is 2.28. The van der Waals surface area contributed by atoms with E-state index in [1.807, 2.05) is 0 Å². The Bertz CT molecular complexity index is 632. The monoisotopic (exact) mass is 328 g/mol. The van der Waals surface area contributed by atoms with Gasteiger partial charge >= 0.3 is 18.9 Å². The van der Waals surface area contributed by atoms with Gasteiger partial charge in [-0.05, 0) is 18.5 Å². The molecule has 0 unspecified atom stereocenters. The number of benzene rings is 3. The third kappa shape index (κ3) is 5.60. The molecular formula is C20H19LiP2. The normalized spacial score (nSPS) is 10.8. The SMILES string of the molecule is [Li+].c1ccc([P-]CCP(c2ccccc2)c2ccccc2)cc1. The Hall–Kier alpha value is -0.883. The van der Waals surface area contributed by atoms with E-state index in [2.05, 4.69) is 91.0 Å². The predicted molar refractivity (Wildman–Crippen MR) is 102 cm³/mol. The van der Waals surface area contributed by atoms with E-state index < -0.39 is 0 Å². The van der Waals surface area contributed by atoms with Crippen molar-refractivity contribution in [3.8, 4) is 0 Å². The topological polar surface area (TPSA) is 0 Å². The minimum absolute atomic E-state index is 0. The molecule has 0 amide bonds. The van der Waals surface area contributed by atoms with Gasteiger partial charge < -0.3 is 8.58 Å². The van der Waals surface area contributed by atoms with Crippen LogP contribution in [-0.4, -0.2) is 12.3 Å². The van der Waals surface area contributed by atoms with Gasteiger partial charge in [0.2, 0.25) is 0 Å². The Labute approximate surface area is 154 Å². The Balaban J connectivity index is 0.00000192. The van der Waals surface area contributed by atoms with E-state index >= 15 is 0 Å². The molecule has 0 fully saturated rings. The third-order valence-electron chi connectivity index (χ3n) is 3.51. The van der Waals surface area contributed by atoms with Crippen molar-refractivity contribution in [3.05, 3.63) is 91.0 Å². The van der Waals surface area contributed by atoms with Crippen molar-refractivity contribution >= 4 is 32.4 Å². The largest absolute Gasteiger partial charge is 1.00 e. The fourth-order valence-corrected chi connectivity index (χ4v) is 6.16. The van der Waals surface area contributed by atoms with Gasteiger partial charge in [0.1, 0.15) is 0 Å². The average Bonchev–Trinajstić information content (AvgIpc) is 2.61.